The number of anilines is 2. The monoisotopic (exact) mass is 195 g/mol. The lowest BCUT2D eigenvalue weighted by Crippen LogP contribution is -2.26. The third-order valence-electron chi connectivity index (χ3n) is 1.88. The molecule has 2 N–H and O–H groups in total. The summed E-state index contributed by atoms with van der Waals surface area (Å²) in [6.07, 6.45) is 1.75. The first-order valence-corrected chi connectivity index (χ1v) is 4.56. The largest absolute Gasteiger partial charge is 0.358 e. The topological polar surface area (TPSA) is 58.3 Å². The minimum atomic E-state index is 0.623. The molecule has 0 fully saturated rings. The SMILES string of the molecule is CN(C)c1nccc(N(C)CCN)n1. The van der Waals surface area contributed by atoms with E-state index in [-0.39, 0.29) is 0 Å². The highest BCUT2D eigenvalue weighted by molar-refractivity contribution is 5.42. The third kappa shape index (κ3) is 2.56. The lowest BCUT2D eigenvalue weighted by Gasteiger charge is -2.18. The molecule has 0 bridgehead atoms. The van der Waals surface area contributed by atoms with Crippen molar-refractivity contribution in [2.24, 2.45) is 5.73 Å². The molecule has 0 atom stereocenters. The first-order chi connectivity index (χ1) is 6.65. The van der Waals surface area contributed by atoms with Crippen LogP contribution in [0, 0.1) is 0 Å². The molecule has 14 heavy (non-hydrogen) atoms. The van der Waals surface area contributed by atoms with Gasteiger partial charge in [0.15, 0.2) is 0 Å². The zero-order valence-corrected chi connectivity index (χ0v) is 8.94. The molecule has 1 aromatic rings. The lowest BCUT2D eigenvalue weighted by atomic mass is 10.5. The van der Waals surface area contributed by atoms with Crippen molar-refractivity contribution >= 4 is 11.8 Å². The number of hydrogen-bond acceptors (Lipinski definition) is 5. The van der Waals surface area contributed by atoms with E-state index in [0.29, 0.717) is 12.5 Å². The Morgan fingerprint density at radius 2 is 2.07 bits per heavy atom. The quantitative estimate of drug-likeness (QED) is 0.729. The summed E-state index contributed by atoms with van der Waals surface area (Å²) in [5, 5.41) is 0. The second kappa shape index (κ2) is 4.76. The second-order valence-electron chi connectivity index (χ2n) is 3.32. The van der Waals surface area contributed by atoms with Crippen molar-refractivity contribution in [3.63, 3.8) is 0 Å². The Balaban J connectivity index is 2.82. The van der Waals surface area contributed by atoms with Gasteiger partial charge in [-0.3, -0.25) is 0 Å². The standard InChI is InChI=1S/C9H17N5/c1-13(2)9-11-6-4-8(12-9)14(3)7-5-10/h4,6H,5,7,10H2,1-3H3. The van der Waals surface area contributed by atoms with Gasteiger partial charge in [-0.1, -0.05) is 0 Å². The van der Waals surface area contributed by atoms with Crippen molar-refractivity contribution in [1.82, 2.24) is 9.97 Å². The predicted molar refractivity (Wildman–Crippen MR) is 58.7 cm³/mol. The van der Waals surface area contributed by atoms with E-state index >= 15 is 0 Å². The van der Waals surface area contributed by atoms with Crippen LogP contribution in [-0.4, -0.2) is 44.2 Å². The molecule has 1 aromatic heterocycles. The molecule has 1 heterocycles. The van der Waals surface area contributed by atoms with E-state index in [1.54, 1.807) is 6.20 Å². The Labute approximate surface area is 84.6 Å². The maximum absolute atomic E-state index is 5.47. The van der Waals surface area contributed by atoms with Gasteiger partial charge in [0.25, 0.3) is 0 Å². The van der Waals surface area contributed by atoms with Gasteiger partial charge in [0.05, 0.1) is 0 Å². The van der Waals surface area contributed by atoms with Gasteiger partial charge in [0.1, 0.15) is 5.82 Å². The van der Waals surface area contributed by atoms with E-state index in [9.17, 15) is 0 Å². The van der Waals surface area contributed by atoms with Gasteiger partial charge in [-0.05, 0) is 6.07 Å². The fourth-order valence-corrected chi connectivity index (χ4v) is 1.08. The molecule has 5 heteroatoms. The summed E-state index contributed by atoms with van der Waals surface area (Å²) < 4.78 is 0. The number of nitrogens with two attached hydrogens (primary N) is 1. The number of rotatable bonds is 4. The van der Waals surface area contributed by atoms with Crippen LogP contribution >= 0.6 is 0 Å². The average molecular weight is 195 g/mol. The minimum absolute atomic E-state index is 0.623. The molecule has 0 aliphatic heterocycles. The normalized spacial score (nSPS) is 10.0. The molecule has 0 aliphatic carbocycles. The third-order valence-corrected chi connectivity index (χ3v) is 1.88. The molecule has 1 rings (SSSR count). The van der Waals surface area contributed by atoms with E-state index in [2.05, 4.69) is 9.97 Å². The van der Waals surface area contributed by atoms with E-state index in [1.165, 1.54) is 0 Å². The molecule has 0 spiro atoms. The number of nitrogens with zero attached hydrogens (tertiary/aromatic N) is 4. The highest BCUT2D eigenvalue weighted by atomic mass is 15.3. The lowest BCUT2D eigenvalue weighted by molar-refractivity contribution is 0.858. The zero-order valence-electron chi connectivity index (χ0n) is 8.94. The summed E-state index contributed by atoms with van der Waals surface area (Å²) in [5.74, 6) is 1.61. The fraction of sp³-hybridized carbons (Fsp3) is 0.556. The summed E-state index contributed by atoms with van der Waals surface area (Å²) in [7, 11) is 5.80. The van der Waals surface area contributed by atoms with Crippen molar-refractivity contribution in [2.45, 2.75) is 0 Å². The molecule has 5 nitrogen and oxygen atoms in total. The van der Waals surface area contributed by atoms with Crippen LogP contribution in [0.3, 0.4) is 0 Å². The predicted octanol–water partition coefficient (Wildman–Crippen LogP) is -0.0625. The first kappa shape index (κ1) is 10.7. The number of hydrogen-bond donors (Lipinski definition) is 1. The molecule has 0 aromatic carbocycles. The van der Waals surface area contributed by atoms with Crippen molar-refractivity contribution in [2.75, 3.05) is 44.0 Å². The molecule has 0 saturated heterocycles. The van der Waals surface area contributed by atoms with Gasteiger partial charge in [-0.25, -0.2) is 4.98 Å². The van der Waals surface area contributed by atoms with Gasteiger partial charge in [0, 0.05) is 40.4 Å². The highest BCUT2D eigenvalue weighted by Crippen LogP contribution is 2.10. The molecule has 0 amide bonds. The van der Waals surface area contributed by atoms with Crippen LogP contribution in [0.4, 0.5) is 11.8 Å². The first-order valence-electron chi connectivity index (χ1n) is 4.56. The summed E-state index contributed by atoms with van der Waals surface area (Å²) in [6.45, 7) is 1.42. The number of likely N-dealkylation sites (N-methyl/N-ethyl adjacent to an activating group) is 1. The molecule has 0 aliphatic rings. The van der Waals surface area contributed by atoms with E-state index < -0.39 is 0 Å². The van der Waals surface area contributed by atoms with Crippen LogP contribution in [0.25, 0.3) is 0 Å². The Hall–Kier alpha value is -1.36. The van der Waals surface area contributed by atoms with Crippen LogP contribution in [0.2, 0.25) is 0 Å². The van der Waals surface area contributed by atoms with Crippen LogP contribution in [0.5, 0.6) is 0 Å². The van der Waals surface area contributed by atoms with Crippen molar-refractivity contribution in [3.05, 3.63) is 12.3 Å². The van der Waals surface area contributed by atoms with Gasteiger partial charge >= 0.3 is 0 Å². The molecular weight excluding hydrogens is 178 g/mol. The van der Waals surface area contributed by atoms with Crippen LogP contribution in [-0.2, 0) is 0 Å². The summed E-state index contributed by atoms with van der Waals surface area (Å²) in [6, 6.07) is 1.88. The van der Waals surface area contributed by atoms with Crippen LogP contribution in [0.1, 0.15) is 0 Å². The molecular formula is C9H17N5. The maximum atomic E-state index is 5.47. The van der Waals surface area contributed by atoms with Gasteiger partial charge in [-0.15, -0.1) is 0 Å². The number of aromatic nitrogens is 2. The van der Waals surface area contributed by atoms with Gasteiger partial charge in [0.2, 0.25) is 5.95 Å². The summed E-state index contributed by atoms with van der Waals surface area (Å²) >= 11 is 0. The van der Waals surface area contributed by atoms with Crippen LogP contribution in [0.15, 0.2) is 12.3 Å². The maximum Gasteiger partial charge on any atom is 0.226 e. The zero-order chi connectivity index (χ0) is 10.6. The van der Waals surface area contributed by atoms with E-state index in [4.69, 9.17) is 5.73 Å². The van der Waals surface area contributed by atoms with E-state index in [1.807, 2.05) is 37.0 Å². The van der Waals surface area contributed by atoms with Gasteiger partial charge in [-0.2, -0.15) is 4.98 Å². The van der Waals surface area contributed by atoms with Crippen molar-refractivity contribution < 1.29 is 0 Å². The van der Waals surface area contributed by atoms with Crippen molar-refractivity contribution in [3.8, 4) is 0 Å². The highest BCUT2D eigenvalue weighted by Gasteiger charge is 2.04. The Morgan fingerprint density at radius 3 is 2.64 bits per heavy atom. The van der Waals surface area contributed by atoms with E-state index in [0.717, 1.165) is 12.4 Å². The molecule has 0 radical (unpaired) electrons. The second-order valence-corrected chi connectivity index (χ2v) is 3.32. The summed E-state index contributed by atoms with van der Waals surface area (Å²) in [5.41, 5.74) is 5.47. The van der Waals surface area contributed by atoms with Crippen LogP contribution < -0.4 is 15.5 Å². The Bertz CT molecular complexity index is 286. The summed E-state index contributed by atoms with van der Waals surface area (Å²) in [4.78, 5) is 12.4. The molecule has 78 valence electrons. The molecule has 0 saturated carbocycles. The van der Waals surface area contributed by atoms with Crippen molar-refractivity contribution in [1.29, 1.82) is 0 Å². The fourth-order valence-electron chi connectivity index (χ4n) is 1.08. The average Bonchev–Trinajstić information content (AvgIpc) is 2.18. The smallest absolute Gasteiger partial charge is 0.226 e. The molecule has 0 unspecified atom stereocenters. The minimum Gasteiger partial charge on any atom is -0.358 e. The Kier molecular flexibility index (Phi) is 3.64. The van der Waals surface area contributed by atoms with Gasteiger partial charge < -0.3 is 15.5 Å². The Morgan fingerprint density at radius 1 is 1.36 bits per heavy atom.